The van der Waals surface area contributed by atoms with Gasteiger partial charge in [-0.15, -0.1) is 11.3 Å². The average molecular weight is 478 g/mol. The smallest absolute Gasteiger partial charge is 0.291 e. The Morgan fingerprint density at radius 1 is 1.00 bits per heavy atom. The first-order chi connectivity index (χ1) is 16.4. The lowest BCUT2D eigenvalue weighted by atomic mass is 10.1. The maximum Gasteiger partial charge on any atom is 0.291 e. The van der Waals surface area contributed by atoms with Crippen LogP contribution in [0.5, 0.6) is 0 Å². The zero-order valence-corrected chi connectivity index (χ0v) is 19.6. The van der Waals surface area contributed by atoms with Crippen LogP contribution in [0.3, 0.4) is 0 Å². The normalized spacial score (nSPS) is 10.7. The van der Waals surface area contributed by atoms with E-state index < -0.39 is 0 Å². The lowest BCUT2D eigenvalue weighted by Crippen LogP contribution is -2.30. The fourth-order valence-corrected chi connectivity index (χ4v) is 4.29. The van der Waals surface area contributed by atoms with Crippen LogP contribution in [0.15, 0.2) is 82.8 Å². The first-order valence-corrected chi connectivity index (χ1v) is 11.5. The topological polar surface area (TPSA) is 65.8 Å². The van der Waals surface area contributed by atoms with E-state index >= 15 is 0 Å². The van der Waals surface area contributed by atoms with Gasteiger partial charge in [-0.2, -0.15) is 0 Å². The second-order valence-electron chi connectivity index (χ2n) is 7.93. The van der Waals surface area contributed by atoms with Crippen molar-refractivity contribution >= 4 is 34.5 Å². The number of thiophene rings is 1. The van der Waals surface area contributed by atoms with Crippen molar-refractivity contribution in [2.24, 2.45) is 0 Å². The molecule has 0 fully saturated rings. The number of benzene rings is 2. The SMILES string of the molecule is CN(C)c1ccc(NC(=O)c2ccco2)cc1CN(Cc1ccc(F)cc1)C(=O)c1cccs1. The molecule has 0 spiro atoms. The quantitative estimate of drug-likeness (QED) is 0.357. The van der Waals surface area contributed by atoms with Gasteiger partial charge >= 0.3 is 0 Å². The first kappa shape index (κ1) is 23.3. The first-order valence-electron chi connectivity index (χ1n) is 10.6. The number of anilines is 2. The van der Waals surface area contributed by atoms with Crippen LogP contribution in [-0.2, 0) is 13.1 Å². The average Bonchev–Trinajstić information content (AvgIpc) is 3.54. The highest BCUT2D eigenvalue weighted by atomic mass is 32.1. The van der Waals surface area contributed by atoms with E-state index in [0.29, 0.717) is 23.7 Å². The van der Waals surface area contributed by atoms with Crippen LogP contribution in [0.4, 0.5) is 15.8 Å². The van der Waals surface area contributed by atoms with E-state index in [9.17, 15) is 14.0 Å². The van der Waals surface area contributed by atoms with Gasteiger partial charge in [0.05, 0.1) is 11.1 Å². The van der Waals surface area contributed by atoms with Crippen molar-refractivity contribution < 1.29 is 18.4 Å². The van der Waals surface area contributed by atoms with Gasteiger partial charge in [-0.1, -0.05) is 18.2 Å². The molecule has 4 aromatic rings. The van der Waals surface area contributed by atoms with Gasteiger partial charge in [0.15, 0.2) is 5.76 Å². The highest BCUT2D eigenvalue weighted by Crippen LogP contribution is 2.27. The zero-order valence-electron chi connectivity index (χ0n) is 18.8. The maximum absolute atomic E-state index is 13.4. The van der Waals surface area contributed by atoms with Crippen LogP contribution in [0.25, 0.3) is 0 Å². The minimum absolute atomic E-state index is 0.117. The standard InChI is InChI=1S/C26H24FN3O3S/c1-29(2)22-12-11-21(28-25(31)23-5-3-13-33-23)15-19(22)17-30(26(32)24-6-4-14-34-24)16-18-7-9-20(27)10-8-18/h3-15H,16-17H2,1-2H3,(H,28,31). The Morgan fingerprint density at radius 2 is 1.79 bits per heavy atom. The van der Waals surface area contributed by atoms with Crippen molar-refractivity contribution in [2.75, 3.05) is 24.3 Å². The van der Waals surface area contributed by atoms with Crippen molar-refractivity contribution in [1.82, 2.24) is 4.90 Å². The van der Waals surface area contributed by atoms with Gasteiger partial charge in [-0.05, 0) is 65.0 Å². The molecule has 4 rings (SSSR count). The molecule has 0 aliphatic rings. The Hall–Kier alpha value is -3.91. The lowest BCUT2D eigenvalue weighted by Gasteiger charge is -2.26. The molecule has 2 amide bonds. The Labute approximate surface area is 201 Å². The van der Waals surface area contributed by atoms with Crippen molar-refractivity contribution in [1.29, 1.82) is 0 Å². The van der Waals surface area contributed by atoms with Gasteiger partial charge in [0.25, 0.3) is 11.8 Å². The molecule has 2 aromatic carbocycles. The van der Waals surface area contributed by atoms with Gasteiger partial charge in [0.1, 0.15) is 5.82 Å². The van der Waals surface area contributed by atoms with Crippen molar-refractivity contribution in [3.8, 4) is 0 Å². The molecular formula is C26H24FN3O3S. The Morgan fingerprint density at radius 3 is 2.44 bits per heavy atom. The minimum atomic E-state index is -0.355. The molecule has 1 N–H and O–H groups in total. The number of halogens is 1. The molecule has 0 aliphatic carbocycles. The second kappa shape index (κ2) is 10.4. The van der Waals surface area contributed by atoms with Crippen LogP contribution in [0.2, 0.25) is 0 Å². The Kier molecular flexibility index (Phi) is 7.08. The van der Waals surface area contributed by atoms with Crippen LogP contribution in [0, 0.1) is 5.82 Å². The second-order valence-corrected chi connectivity index (χ2v) is 8.88. The van der Waals surface area contributed by atoms with E-state index in [2.05, 4.69) is 5.32 Å². The van der Waals surface area contributed by atoms with Crippen LogP contribution in [-0.4, -0.2) is 30.8 Å². The van der Waals surface area contributed by atoms with E-state index in [4.69, 9.17) is 4.42 Å². The van der Waals surface area contributed by atoms with Gasteiger partial charge in [0.2, 0.25) is 0 Å². The maximum atomic E-state index is 13.4. The van der Waals surface area contributed by atoms with Crippen LogP contribution in [0.1, 0.15) is 31.4 Å². The molecule has 174 valence electrons. The molecule has 0 unspecified atom stereocenters. The van der Waals surface area contributed by atoms with E-state index in [0.717, 1.165) is 16.8 Å². The highest BCUT2D eigenvalue weighted by Gasteiger charge is 2.20. The molecule has 6 nitrogen and oxygen atoms in total. The largest absolute Gasteiger partial charge is 0.459 e. The summed E-state index contributed by atoms with van der Waals surface area (Å²) < 4.78 is 18.6. The summed E-state index contributed by atoms with van der Waals surface area (Å²) in [6.07, 6.45) is 1.44. The molecule has 2 aromatic heterocycles. The number of hydrogen-bond donors (Lipinski definition) is 1. The predicted octanol–water partition coefficient (Wildman–Crippen LogP) is 5.64. The zero-order chi connectivity index (χ0) is 24.1. The highest BCUT2D eigenvalue weighted by molar-refractivity contribution is 7.12. The van der Waals surface area contributed by atoms with E-state index in [1.165, 1.54) is 29.7 Å². The molecule has 0 bridgehead atoms. The molecule has 8 heteroatoms. The molecule has 0 atom stereocenters. The number of hydrogen-bond acceptors (Lipinski definition) is 5. The number of furan rings is 1. The predicted molar refractivity (Wildman–Crippen MR) is 132 cm³/mol. The monoisotopic (exact) mass is 477 g/mol. The Balaban J connectivity index is 1.64. The summed E-state index contributed by atoms with van der Waals surface area (Å²) >= 11 is 1.37. The lowest BCUT2D eigenvalue weighted by molar-refractivity contribution is 0.0735. The number of carbonyl (C=O) groups is 2. The number of nitrogens with zero attached hydrogens (tertiary/aromatic N) is 2. The van der Waals surface area contributed by atoms with Crippen LogP contribution < -0.4 is 10.2 Å². The number of nitrogens with one attached hydrogen (secondary N) is 1. The third-order valence-corrected chi connectivity index (χ3v) is 6.09. The van der Waals surface area contributed by atoms with Gasteiger partial charge < -0.3 is 19.5 Å². The summed E-state index contributed by atoms with van der Waals surface area (Å²) in [6.45, 7) is 0.610. The molecular weight excluding hydrogens is 453 g/mol. The number of rotatable bonds is 8. The minimum Gasteiger partial charge on any atom is -0.459 e. The molecule has 0 saturated carbocycles. The molecule has 0 radical (unpaired) electrons. The fourth-order valence-electron chi connectivity index (χ4n) is 3.60. The summed E-state index contributed by atoms with van der Waals surface area (Å²) in [7, 11) is 3.84. The third-order valence-electron chi connectivity index (χ3n) is 5.23. The van der Waals surface area contributed by atoms with Crippen molar-refractivity contribution in [3.05, 3.63) is 106 Å². The summed E-state index contributed by atoms with van der Waals surface area (Å²) in [5.74, 6) is -0.584. The molecule has 2 heterocycles. The molecule has 0 aliphatic heterocycles. The van der Waals surface area contributed by atoms with Crippen LogP contribution >= 0.6 is 11.3 Å². The number of amides is 2. The summed E-state index contributed by atoms with van der Waals surface area (Å²) in [4.78, 5) is 30.1. The van der Waals surface area contributed by atoms with E-state index in [1.54, 1.807) is 35.2 Å². The van der Waals surface area contributed by atoms with E-state index in [-0.39, 0.29) is 23.4 Å². The summed E-state index contributed by atoms with van der Waals surface area (Å²) in [5.41, 5.74) is 3.18. The van der Waals surface area contributed by atoms with E-state index in [1.807, 2.05) is 48.6 Å². The molecule has 34 heavy (non-hydrogen) atoms. The summed E-state index contributed by atoms with van der Waals surface area (Å²) in [5, 5.41) is 4.70. The fraction of sp³-hybridized carbons (Fsp3) is 0.154. The number of carbonyl (C=O) groups excluding carboxylic acids is 2. The van der Waals surface area contributed by atoms with Gasteiger partial charge in [-0.3, -0.25) is 9.59 Å². The van der Waals surface area contributed by atoms with Gasteiger partial charge in [0, 0.05) is 38.6 Å². The third kappa shape index (κ3) is 5.52. The summed E-state index contributed by atoms with van der Waals surface area (Å²) in [6, 6.07) is 18.6. The van der Waals surface area contributed by atoms with Crippen molar-refractivity contribution in [3.63, 3.8) is 0 Å². The Bertz CT molecular complexity index is 1250. The van der Waals surface area contributed by atoms with Crippen molar-refractivity contribution in [2.45, 2.75) is 13.1 Å². The van der Waals surface area contributed by atoms with Gasteiger partial charge in [-0.25, -0.2) is 4.39 Å². The molecule has 0 saturated heterocycles.